The summed E-state index contributed by atoms with van der Waals surface area (Å²) >= 11 is 0. The molecule has 0 saturated heterocycles. The maximum absolute atomic E-state index is 9.99. The van der Waals surface area contributed by atoms with E-state index < -0.39 is 28.0 Å². The van der Waals surface area contributed by atoms with Gasteiger partial charge in [0.2, 0.25) is 5.94 Å². The van der Waals surface area contributed by atoms with Crippen LogP contribution in [0.4, 0.5) is 0 Å². The Morgan fingerprint density at radius 1 is 1.36 bits per heavy atom. The van der Waals surface area contributed by atoms with Gasteiger partial charge < -0.3 is 9.84 Å². The summed E-state index contributed by atoms with van der Waals surface area (Å²) in [5.41, 5.74) is 0. The minimum Gasteiger partial charge on any atom is -0.473 e. The fraction of sp³-hybridized carbons (Fsp3) is 0.333. The molecule has 2 N–H and O–H groups in total. The van der Waals surface area contributed by atoms with Crippen molar-refractivity contribution in [1.29, 1.82) is 0 Å². The summed E-state index contributed by atoms with van der Waals surface area (Å²) < 4.78 is 31.2. The van der Waals surface area contributed by atoms with Crippen molar-refractivity contribution in [2.24, 2.45) is 0 Å². The molecule has 0 rings (SSSR count). The van der Waals surface area contributed by atoms with Crippen LogP contribution < -0.4 is 0 Å². The van der Waals surface area contributed by atoms with Crippen molar-refractivity contribution in [3.05, 3.63) is 0 Å². The fourth-order valence-corrected chi connectivity index (χ4v) is 0.446. The first-order chi connectivity index (χ1) is 4.83. The average Bonchev–Trinajstić information content (AvgIpc) is 1.80. The third-order valence-corrected chi connectivity index (χ3v) is 0.929. The van der Waals surface area contributed by atoms with Gasteiger partial charge in [-0.3, -0.25) is 4.55 Å². The van der Waals surface area contributed by atoms with Gasteiger partial charge in [0.1, 0.15) is 0 Å². The molecule has 0 bridgehead atoms. The lowest BCUT2D eigenvalue weighted by atomic mass is 10.7. The highest BCUT2D eigenvalue weighted by atomic mass is 32.2. The summed E-state index contributed by atoms with van der Waals surface area (Å²) in [7, 11) is -4.46. The van der Waals surface area contributed by atoms with Gasteiger partial charge in [0.25, 0.3) is 0 Å². The number of carbonyl (C=O) groups is 2. The van der Waals surface area contributed by atoms with Crippen LogP contribution >= 0.6 is 0 Å². The molecule has 11 heavy (non-hydrogen) atoms. The van der Waals surface area contributed by atoms with Crippen LogP contribution in [0.2, 0.25) is 0 Å². The summed E-state index contributed by atoms with van der Waals surface area (Å²) in [5, 5.41) is 7.83. The zero-order valence-corrected chi connectivity index (χ0v) is 5.87. The van der Waals surface area contributed by atoms with Crippen LogP contribution in [-0.2, 0) is 24.4 Å². The molecule has 0 aliphatic heterocycles. The van der Waals surface area contributed by atoms with E-state index in [0.29, 0.717) is 0 Å². The number of hydrogen-bond acceptors (Lipinski definition) is 5. The Balaban J connectivity index is 3.92. The summed E-state index contributed by atoms with van der Waals surface area (Å²) in [6, 6.07) is 0. The quantitative estimate of drug-likeness (QED) is 0.303. The van der Waals surface area contributed by atoms with Gasteiger partial charge in [0, 0.05) is 0 Å². The fourth-order valence-electron chi connectivity index (χ4n) is 0.190. The largest absolute Gasteiger partial charge is 0.473 e. The molecular weight excluding hydrogens is 180 g/mol. The number of carboxylic acid groups (broad SMARTS) is 1. The van der Waals surface area contributed by atoms with Gasteiger partial charge in [-0.05, 0) is 0 Å². The van der Waals surface area contributed by atoms with Crippen molar-refractivity contribution in [1.82, 2.24) is 0 Å². The Labute approximate surface area is 61.3 Å². The molecule has 8 heteroatoms. The smallest absolute Gasteiger partial charge is 0.418 e. The van der Waals surface area contributed by atoms with Crippen LogP contribution in [0.15, 0.2) is 0 Å². The molecule has 0 aromatic carbocycles. The van der Waals surface area contributed by atoms with Crippen molar-refractivity contribution in [2.45, 2.75) is 0 Å². The van der Waals surface area contributed by atoms with Crippen LogP contribution in [0.1, 0.15) is 0 Å². The molecule has 0 fully saturated rings. The van der Waals surface area contributed by atoms with E-state index in [1.54, 1.807) is 0 Å². The number of aliphatic carboxylic acids is 1. The summed E-state index contributed by atoms with van der Waals surface area (Å²) in [6.07, 6.45) is 0. The van der Waals surface area contributed by atoms with Gasteiger partial charge in [-0.1, -0.05) is 0 Å². The number of ether oxygens (including phenoxy) is 1. The van der Waals surface area contributed by atoms with E-state index in [-0.39, 0.29) is 0 Å². The van der Waals surface area contributed by atoms with E-state index in [1.807, 2.05) is 0 Å². The van der Waals surface area contributed by atoms with Gasteiger partial charge in [-0.2, -0.15) is 8.42 Å². The molecule has 0 amide bonds. The van der Waals surface area contributed by atoms with Gasteiger partial charge in [-0.25, -0.2) is 9.59 Å². The van der Waals surface area contributed by atoms with E-state index in [0.717, 1.165) is 0 Å². The standard InChI is InChI=1S/C3H4O7S/c4-2(5)3(6)10-1-11(7,8)9/h1H2,(H,4,5)(H,7,8,9). The van der Waals surface area contributed by atoms with Gasteiger partial charge in [0.15, 0.2) is 0 Å². The molecule has 0 aromatic rings. The second-order valence-electron chi connectivity index (χ2n) is 1.44. The third-order valence-electron chi connectivity index (χ3n) is 0.514. The highest BCUT2D eigenvalue weighted by molar-refractivity contribution is 7.85. The Kier molecular flexibility index (Phi) is 2.96. The molecule has 0 saturated carbocycles. The molecule has 0 atom stereocenters. The predicted molar refractivity (Wildman–Crippen MR) is 30.1 cm³/mol. The van der Waals surface area contributed by atoms with Gasteiger partial charge >= 0.3 is 22.1 Å². The van der Waals surface area contributed by atoms with Crippen LogP contribution in [0.3, 0.4) is 0 Å². The van der Waals surface area contributed by atoms with Gasteiger partial charge in [-0.15, -0.1) is 0 Å². The SMILES string of the molecule is O=C(O)C(=O)OCS(=O)(=O)O. The van der Waals surface area contributed by atoms with E-state index in [1.165, 1.54) is 0 Å². The van der Waals surface area contributed by atoms with E-state index in [4.69, 9.17) is 9.66 Å². The molecule has 0 radical (unpaired) electrons. The zero-order chi connectivity index (χ0) is 9.07. The zero-order valence-electron chi connectivity index (χ0n) is 5.05. The van der Waals surface area contributed by atoms with Crippen molar-refractivity contribution in [3.8, 4) is 0 Å². The van der Waals surface area contributed by atoms with Crippen LogP contribution in [0, 0.1) is 0 Å². The maximum atomic E-state index is 9.99. The molecule has 7 nitrogen and oxygen atoms in total. The molecule has 0 aromatic heterocycles. The van der Waals surface area contributed by atoms with Crippen molar-refractivity contribution in [2.75, 3.05) is 5.94 Å². The first kappa shape index (κ1) is 9.85. The second-order valence-corrected chi connectivity index (χ2v) is 2.84. The minimum absolute atomic E-state index is 1.35. The molecule has 0 aliphatic carbocycles. The Bertz CT molecular complexity index is 261. The van der Waals surface area contributed by atoms with E-state index >= 15 is 0 Å². The Morgan fingerprint density at radius 2 is 1.82 bits per heavy atom. The number of hydrogen-bond donors (Lipinski definition) is 2. The normalized spacial score (nSPS) is 10.6. The van der Waals surface area contributed by atoms with Crippen molar-refractivity contribution in [3.63, 3.8) is 0 Å². The first-order valence-electron chi connectivity index (χ1n) is 2.18. The molecule has 0 unspecified atom stereocenters. The predicted octanol–water partition coefficient (Wildman–Crippen LogP) is -1.54. The summed E-state index contributed by atoms with van der Waals surface area (Å²) in [4.78, 5) is 19.7. The van der Waals surface area contributed by atoms with Crippen LogP contribution in [0.25, 0.3) is 0 Å². The number of rotatable bonds is 2. The average molecular weight is 184 g/mol. The van der Waals surface area contributed by atoms with Crippen LogP contribution in [0.5, 0.6) is 0 Å². The highest BCUT2D eigenvalue weighted by Gasteiger charge is 2.16. The minimum atomic E-state index is -4.46. The lowest BCUT2D eigenvalue weighted by molar-refractivity contribution is -0.162. The van der Waals surface area contributed by atoms with Crippen molar-refractivity contribution < 1.29 is 32.4 Å². The molecular formula is C3H4O7S. The van der Waals surface area contributed by atoms with E-state index in [9.17, 15) is 18.0 Å². The summed E-state index contributed by atoms with van der Waals surface area (Å²) in [6.45, 7) is 0. The van der Waals surface area contributed by atoms with Crippen molar-refractivity contribution >= 4 is 22.1 Å². The molecule has 0 aliphatic rings. The lowest BCUT2D eigenvalue weighted by Crippen LogP contribution is -2.20. The van der Waals surface area contributed by atoms with Crippen LogP contribution in [-0.4, -0.2) is 36.0 Å². The Morgan fingerprint density at radius 3 is 2.09 bits per heavy atom. The first-order valence-corrected chi connectivity index (χ1v) is 3.79. The lowest BCUT2D eigenvalue weighted by Gasteiger charge is -1.96. The summed E-state index contributed by atoms with van der Waals surface area (Å²) in [5.74, 6) is -5.01. The third kappa shape index (κ3) is 5.30. The number of carboxylic acids is 1. The topological polar surface area (TPSA) is 118 Å². The Hall–Kier alpha value is -1.15. The number of esters is 1. The van der Waals surface area contributed by atoms with Gasteiger partial charge in [0.05, 0.1) is 0 Å². The number of carbonyl (C=O) groups excluding carboxylic acids is 1. The monoisotopic (exact) mass is 184 g/mol. The second kappa shape index (κ2) is 3.30. The molecule has 0 spiro atoms. The van der Waals surface area contributed by atoms with E-state index in [2.05, 4.69) is 4.74 Å². The highest BCUT2D eigenvalue weighted by Crippen LogP contribution is 1.85. The maximum Gasteiger partial charge on any atom is 0.418 e. The molecule has 64 valence electrons. The molecule has 0 heterocycles.